The van der Waals surface area contributed by atoms with Crippen LogP contribution in [-0.4, -0.2) is 21.7 Å². The third kappa shape index (κ3) is 7.65. The number of alkyl halides is 6. The first-order chi connectivity index (χ1) is 15.8. The normalized spacial score (nSPS) is 12.4. The summed E-state index contributed by atoms with van der Waals surface area (Å²) in [6, 6.07) is 8.45. The predicted molar refractivity (Wildman–Crippen MR) is 113 cm³/mol. The number of nitrogens with two attached hydrogens (primary N) is 3. The van der Waals surface area contributed by atoms with E-state index in [1.807, 2.05) is 24.3 Å². The van der Waals surface area contributed by atoms with Gasteiger partial charge < -0.3 is 17.2 Å². The Kier molecular flexibility index (Phi) is 8.00. The average molecular weight is 485 g/mol. The summed E-state index contributed by atoms with van der Waals surface area (Å²) < 4.78 is 76.0. The van der Waals surface area contributed by atoms with E-state index < -0.39 is 40.8 Å². The van der Waals surface area contributed by atoms with E-state index in [2.05, 4.69) is 20.5 Å². The fourth-order valence-corrected chi connectivity index (χ4v) is 2.37. The van der Waals surface area contributed by atoms with Crippen molar-refractivity contribution in [1.29, 1.82) is 0 Å². The highest BCUT2D eigenvalue weighted by Gasteiger charge is 2.37. The summed E-state index contributed by atoms with van der Waals surface area (Å²) in [5.74, 6) is -1.02. The van der Waals surface area contributed by atoms with E-state index in [4.69, 9.17) is 17.2 Å². The number of primary amides is 1. The van der Waals surface area contributed by atoms with Crippen molar-refractivity contribution < 1.29 is 31.1 Å². The zero-order valence-corrected chi connectivity index (χ0v) is 17.0. The highest BCUT2D eigenvalue weighted by Crippen LogP contribution is 2.36. The Morgan fingerprint density at radius 3 is 2.03 bits per heavy atom. The Balaban J connectivity index is 0.000000305. The van der Waals surface area contributed by atoms with Gasteiger partial charge in [-0.3, -0.25) is 15.2 Å². The number of carbonyl (C=O) groups is 1. The van der Waals surface area contributed by atoms with Gasteiger partial charge in [0.05, 0.1) is 28.4 Å². The van der Waals surface area contributed by atoms with Gasteiger partial charge >= 0.3 is 12.4 Å². The van der Waals surface area contributed by atoms with Crippen LogP contribution in [0.2, 0.25) is 0 Å². The van der Waals surface area contributed by atoms with Crippen molar-refractivity contribution in [3.05, 3.63) is 77.6 Å². The number of fused-ring (bicyclic) bond motifs is 1. The Morgan fingerprint density at radius 1 is 0.941 bits per heavy atom. The molecule has 3 rings (SSSR count). The molecule has 34 heavy (non-hydrogen) atoms. The molecule has 1 aromatic heterocycles. The Bertz CT molecular complexity index is 1190. The van der Waals surface area contributed by atoms with Crippen LogP contribution < -0.4 is 22.6 Å². The molecule has 0 unspecified atom stereocenters. The third-order valence-electron chi connectivity index (χ3n) is 3.86. The number of aromatic nitrogens is 2. The van der Waals surface area contributed by atoms with Crippen molar-refractivity contribution in [1.82, 2.24) is 15.4 Å². The summed E-state index contributed by atoms with van der Waals surface area (Å²) in [6.45, 7) is 0. The van der Waals surface area contributed by atoms with E-state index >= 15 is 0 Å². The summed E-state index contributed by atoms with van der Waals surface area (Å²) in [5.41, 5.74) is 15.7. The van der Waals surface area contributed by atoms with Gasteiger partial charge in [0.1, 0.15) is 5.82 Å². The van der Waals surface area contributed by atoms with Gasteiger partial charge in [0.15, 0.2) is 5.84 Å². The smallest absolute Gasteiger partial charge is 0.382 e. The molecule has 0 aliphatic heterocycles. The Morgan fingerprint density at radius 2 is 1.50 bits per heavy atom. The van der Waals surface area contributed by atoms with E-state index in [1.54, 1.807) is 6.20 Å². The first-order valence-electron chi connectivity index (χ1n) is 9.09. The van der Waals surface area contributed by atoms with E-state index in [1.165, 1.54) is 0 Å². The summed E-state index contributed by atoms with van der Waals surface area (Å²) in [5, 5.41) is 3.33. The van der Waals surface area contributed by atoms with Gasteiger partial charge in [-0.05, 0) is 30.3 Å². The predicted octanol–water partition coefficient (Wildman–Crippen LogP) is 3.15. The van der Waals surface area contributed by atoms with Crippen molar-refractivity contribution in [2.75, 3.05) is 5.73 Å². The summed E-state index contributed by atoms with van der Waals surface area (Å²) in [7, 11) is 0. The molecule has 7 N–H and O–H groups in total. The van der Waals surface area contributed by atoms with Crippen LogP contribution >= 0.6 is 0 Å². The monoisotopic (exact) mass is 485 g/mol. The van der Waals surface area contributed by atoms with Crippen LogP contribution in [0.25, 0.3) is 11.0 Å². The van der Waals surface area contributed by atoms with Gasteiger partial charge in [0, 0.05) is 17.8 Å². The van der Waals surface area contributed by atoms with E-state index in [9.17, 15) is 31.1 Å². The van der Waals surface area contributed by atoms with Crippen LogP contribution in [0.4, 0.5) is 32.2 Å². The molecule has 14 heteroatoms. The topological polar surface area (TPSA) is 145 Å². The molecule has 1 amide bonds. The number of amidine groups is 1. The second-order valence-corrected chi connectivity index (χ2v) is 6.44. The second kappa shape index (κ2) is 10.5. The highest BCUT2D eigenvalue weighted by molar-refractivity contribution is 5.97. The van der Waals surface area contributed by atoms with E-state index in [-0.39, 0.29) is 6.07 Å². The second-order valence-electron chi connectivity index (χ2n) is 6.44. The molecule has 0 spiro atoms. The fourth-order valence-electron chi connectivity index (χ4n) is 2.37. The van der Waals surface area contributed by atoms with Crippen molar-refractivity contribution >= 4 is 28.6 Å². The number of anilines is 1. The number of hydrogen-bond donors (Lipinski definition) is 4. The fraction of sp³-hybridized carbons (Fsp3) is 0.100. The highest BCUT2D eigenvalue weighted by atomic mass is 19.4. The molecule has 0 bridgehead atoms. The van der Waals surface area contributed by atoms with Gasteiger partial charge in [-0.25, -0.2) is 4.98 Å². The number of nitrogen functional groups attached to an aromatic ring is 1. The summed E-state index contributed by atoms with van der Waals surface area (Å²) >= 11 is 0. The lowest BCUT2D eigenvalue weighted by atomic mass is 10.0. The molecule has 0 atom stereocenters. The third-order valence-corrected chi connectivity index (χ3v) is 3.86. The number of amides is 1. The lowest BCUT2D eigenvalue weighted by Gasteiger charge is -2.13. The lowest BCUT2D eigenvalue weighted by molar-refractivity contribution is -0.143. The number of halogens is 6. The zero-order valence-electron chi connectivity index (χ0n) is 17.0. The Hall–Kier alpha value is -4.36. The van der Waals surface area contributed by atoms with Gasteiger partial charge in [-0.15, -0.1) is 0 Å². The molecular formula is C20H17F6N7O. The van der Waals surface area contributed by atoms with Crippen molar-refractivity contribution in [3.8, 4) is 0 Å². The van der Waals surface area contributed by atoms with Crippen LogP contribution in [0.5, 0.6) is 0 Å². The number of nitrogens with zero attached hydrogens (tertiary/aromatic N) is 3. The van der Waals surface area contributed by atoms with Crippen LogP contribution in [-0.2, 0) is 17.1 Å². The lowest BCUT2D eigenvalue weighted by Crippen LogP contribution is -2.20. The molecule has 0 aliphatic rings. The van der Waals surface area contributed by atoms with Crippen LogP contribution in [0.15, 0.2) is 66.0 Å². The van der Waals surface area contributed by atoms with Crippen molar-refractivity contribution in [2.45, 2.75) is 12.4 Å². The standard InChI is InChI=1S/C12H10F6N4O.C8H7N3/c13-11(14,15)7-3-6(4-8(5-7)12(16,17)18)10(20)22-21-2-1-9(19)23;9-8-5-10-6-3-1-2-4-7(6)11-8/h1-5,21H,(H2,19,23)(H2,20,22);1-5H,(H2,9,11)/b2-1-;. The molecule has 8 nitrogen and oxygen atoms in total. The van der Waals surface area contributed by atoms with Crippen molar-refractivity contribution in [2.24, 2.45) is 16.6 Å². The minimum atomic E-state index is -4.99. The Labute approximate surface area is 188 Å². The molecular weight excluding hydrogens is 468 g/mol. The first-order valence-corrected chi connectivity index (χ1v) is 9.09. The molecule has 0 fully saturated rings. The quantitative estimate of drug-likeness (QED) is 0.147. The molecule has 1 heterocycles. The van der Waals surface area contributed by atoms with Crippen LogP contribution in [0.3, 0.4) is 0 Å². The number of hydrazone groups is 1. The maximum Gasteiger partial charge on any atom is 0.416 e. The minimum Gasteiger partial charge on any atom is -0.382 e. The number of para-hydroxylation sites is 2. The average Bonchev–Trinajstić information content (AvgIpc) is 2.75. The van der Waals surface area contributed by atoms with Gasteiger partial charge in [-0.1, -0.05) is 12.1 Å². The molecule has 3 aromatic rings. The number of carbonyl (C=O) groups excluding carboxylic acids is 1. The summed E-state index contributed by atoms with van der Waals surface area (Å²) in [4.78, 5) is 18.6. The molecule has 0 saturated heterocycles. The molecule has 0 aliphatic carbocycles. The first kappa shape index (κ1) is 25.9. The minimum absolute atomic E-state index is 0.0306. The van der Waals surface area contributed by atoms with Gasteiger partial charge in [-0.2, -0.15) is 31.4 Å². The van der Waals surface area contributed by atoms with E-state index in [0.717, 1.165) is 23.3 Å². The maximum absolute atomic E-state index is 12.7. The van der Waals surface area contributed by atoms with Crippen molar-refractivity contribution in [3.63, 3.8) is 0 Å². The zero-order chi connectivity index (χ0) is 25.5. The summed E-state index contributed by atoms with van der Waals surface area (Å²) in [6.07, 6.45) is -6.69. The molecule has 0 saturated carbocycles. The van der Waals surface area contributed by atoms with E-state index in [0.29, 0.717) is 18.0 Å². The van der Waals surface area contributed by atoms with Gasteiger partial charge in [0.25, 0.3) is 0 Å². The number of hydrogen-bond acceptors (Lipinski definition) is 6. The maximum atomic E-state index is 12.7. The largest absolute Gasteiger partial charge is 0.416 e. The number of nitrogens with one attached hydrogen (secondary N) is 1. The SMILES string of the molecule is NC(=O)/C=C\N/N=C(\N)c1cc(C(F)(F)F)cc(C(F)(F)F)c1.Nc1cnc2ccccc2n1. The molecule has 0 radical (unpaired) electrons. The van der Waals surface area contributed by atoms with Gasteiger partial charge in [0.2, 0.25) is 5.91 Å². The van der Waals surface area contributed by atoms with Crippen LogP contribution in [0.1, 0.15) is 16.7 Å². The molecule has 180 valence electrons. The number of benzene rings is 2. The van der Waals surface area contributed by atoms with Crippen LogP contribution in [0, 0.1) is 0 Å². The number of rotatable bonds is 4. The molecule has 2 aromatic carbocycles.